The van der Waals surface area contributed by atoms with Crippen LogP contribution in [-0.2, 0) is 4.79 Å². The normalized spacial score (nSPS) is 14.7. The minimum atomic E-state index is -0.265. The summed E-state index contributed by atoms with van der Waals surface area (Å²) in [6.45, 7) is 1.92. The third-order valence-electron chi connectivity index (χ3n) is 4.60. The van der Waals surface area contributed by atoms with Gasteiger partial charge in [0.25, 0.3) is 0 Å². The third-order valence-corrected chi connectivity index (χ3v) is 5.64. The van der Waals surface area contributed by atoms with Gasteiger partial charge in [-0.2, -0.15) is 0 Å². The fourth-order valence-corrected chi connectivity index (χ4v) is 3.98. The van der Waals surface area contributed by atoms with Crippen molar-refractivity contribution < 1.29 is 4.79 Å². The fourth-order valence-electron chi connectivity index (χ4n) is 2.97. The topological polar surface area (TPSA) is 63.9 Å². The first-order chi connectivity index (χ1) is 13.1. The average molecular weight is 379 g/mol. The summed E-state index contributed by atoms with van der Waals surface area (Å²) in [7, 11) is 1.81. The Morgan fingerprint density at radius 3 is 2.63 bits per heavy atom. The number of amides is 1. The highest BCUT2D eigenvalue weighted by Gasteiger charge is 2.32. The molecule has 3 aromatic rings. The van der Waals surface area contributed by atoms with Crippen LogP contribution in [0.3, 0.4) is 0 Å². The van der Waals surface area contributed by atoms with E-state index in [0.717, 1.165) is 35.1 Å². The molecule has 2 aromatic heterocycles. The number of benzene rings is 1. The first-order valence-corrected chi connectivity index (χ1v) is 9.87. The second-order valence-electron chi connectivity index (χ2n) is 6.64. The molecule has 0 bridgehead atoms. The van der Waals surface area contributed by atoms with Crippen molar-refractivity contribution in [3.05, 3.63) is 54.9 Å². The summed E-state index contributed by atoms with van der Waals surface area (Å²) in [4.78, 5) is 18.7. The number of hydrogen-bond donors (Lipinski definition) is 0. The van der Waals surface area contributed by atoms with Crippen molar-refractivity contribution in [1.82, 2.24) is 19.7 Å². The number of carbonyl (C=O) groups excluding carboxylic acids is 1. The molecule has 7 heteroatoms. The summed E-state index contributed by atoms with van der Waals surface area (Å²) in [6.07, 6.45) is 5.78. The van der Waals surface area contributed by atoms with Crippen LogP contribution in [0.5, 0.6) is 0 Å². The van der Waals surface area contributed by atoms with Crippen LogP contribution in [0.15, 0.2) is 60.0 Å². The monoisotopic (exact) mass is 379 g/mol. The maximum absolute atomic E-state index is 12.9. The molecular formula is C20H21N5OS. The number of para-hydroxylation sites is 1. The molecule has 0 spiro atoms. The van der Waals surface area contributed by atoms with E-state index in [1.54, 1.807) is 24.3 Å². The van der Waals surface area contributed by atoms with Crippen LogP contribution in [0.25, 0.3) is 11.4 Å². The van der Waals surface area contributed by atoms with Gasteiger partial charge in [0.05, 0.1) is 5.25 Å². The first kappa shape index (κ1) is 17.7. The van der Waals surface area contributed by atoms with Crippen LogP contribution < -0.4 is 4.90 Å². The molecule has 1 atom stereocenters. The van der Waals surface area contributed by atoms with Crippen molar-refractivity contribution in [2.24, 2.45) is 0 Å². The molecule has 0 unspecified atom stereocenters. The maximum Gasteiger partial charge on any atom is 0.240 e. The van der Waals surface area contributed by atoms with Gasteiger partial charge in [-0.1, -0.05) is 30.0 Å². The second-order valence-corrected chi connectivity index (χ2v) is 7.95. The van der Waals surface area contributed by atoms with Crippen molar-refractivity contribution in [2.75, 3.05) is 11.9 Å². The van der Waals surface area contributed by atoms with E-state index in [0.29, 0.717) is 6.04 Å². The number of pyridine rings is 1. The summed E-state index contributed by atoms with van der Waals surface area (Å²) in [5.74, 6) is 0.864. The Kier molecular flexibility index (Phi) is 4.94. The molecule has 1 aliphatic carbocycles. The molecule has 0 radical (unpaired) electrons. The van der Waals surface area contributed by atoms with Gasteiger partial charge in [0.15, 0.2) is 11.0 Å². The van der Waals surface area contributed by atoms with Crippen molar-refractivity contribution >= 4 is 23.4 Å². The highest BCUT2D eigenvalue weighted by Crippen LogP contribution is 2.41. The largest absolute Gasteiger partial charge is 0.315 e. The van der Waals surface area contributed by atoms with Crippen LogP contribution in [0.1, 0.15) is 25.8 Å². The molecule has 27 heavy (non-hydrogen) atoms. The van der Waals surface area contributed by atoms with Gasteiger partial charge in [-0.15, -0.1) is 10.2 Å². The Hall–Kier alpha value is -2.67. The Labute approximate surface area is 162 Å². The predicted molar refractivity (Wildman–Crippen MR) is 107 cm³/mol. The van der Waals surface area contributed by atoms with Gasteiger partial charge in [-0.05, 0) is 44.0 Å². The van der Waals surface area contributed by atoms with Crippen LogP contribution in [-0.4, -0.2) is 38.0 Å². The Morgan fingerprint density at radius 1 is 1.19 bits per heavy atom. The van der Waals surface area contributed by atoms with E-state index in [4.69, 9.17) is 0 Å². The quantitative estimate of drug-likeness (QED) is 0.609. The van der Waals surface area contributed by atoms with Gasteiger partial charge in [-0.25, -0.2) is 0 Å². The highest BCUT2D eigenvalue weighted by atomic mass is 32.2. The molecule has 138 valence electrons. The third kappa shape index (κ3) is 3.73. The van der Waals surface area contributed by atoms with Gasteiger partial charge >= 0.3 is 0 Å². The lowest BCUT2D eigenvalue weighted by Crippen LogP contribution is -2.33. The van der Waals surface area contributed by atoms with Crippen molar-refractivity contribution in [3.8, 4) is 11.4 Å². The zero-order valence-corrected chi connectivity index (χ0v) is 16.1. The van der Waals surface area contributed by atoms with Crippen LogP contribution >= 0.6 is 11.8 Å². The number of hydrogen-bond acceptors (Lipinski definition) is 5. The van der Waals surface area contributed by atoms with Crippen molar-refractivity contribution in [2.45, 2.75) is 36.2 Å². The van der Waals surface area contributed by atoms with Crippen molar-refractivity contribution in [1.29, 1.82) is 0 Å². The second kappa shape index (κ2) is 7.52. The van der Waals surface area contributed by atoms with Gasteiger partial charge in [0.1, 0.15) is 0 Å². The Balaban J connectivity index is 1.56. The van der Waals surface area contributed by atoms with E-state index < -0.39 is 0 Å². The number of nitrogens with zero attached hydrogens (tertiary/aromatic N) is 5. The number of anilines is 1. The minimum Gasteiger partial charge on any atom is -0.315 e. The van der Waals surface area contributed by atoms with E-state index >= 15 is 0 Å². The summed E-state index contributed by atoms with van der Waals surface area (Å²) < 4.78 is 2.16. The molecule has 4 rings (SSSR count). The zero-order valence-electron chi connectivity index (χ0n) is 15.3. The lowest BCUT2D eigenvalue weighted by Gasteiger charge is -2.21. The van der Waals surface area contributed by atoms with Crippen molar-refractivity contribution in [3.63, 3.8) is 0 Å². The highest BCUT2D eigenvalue weighted by molar-refractivity contribution is 8.00. The molecule has 1 amide bonds. The number of rotatable bonds is 6. The molecule has 1 fully saturated rings. The van der Waals surface area contributed by atoms with Crippen LogP contribution in [0.2, 0.25) is 0 Å². The van der Waals surface area contributed by atoms with E-state index in [1.807, 2.05) is 49.4 Å². The summed E-state index contributed by atoms with van der Waals surface area (Å²) >= 11 is 1.46. The minimum absolute atomic E-state index is 0.0412. The standard InChI is InChI=1S/C20H21N5OS/c1-14(19(26)24(2)16-8-4-3-5-9-16)27-20-23-22-18(25(20)17-10-11-17)15-7-6-12-21-13-15/h3-9,12-14,17H,10-11H2,1-2H3/t14-/m0/s1. The molecular weight excluding hydrogens is 358 g/mol. The molecule has 0 saturated heterocycles. The van der Waals surface area contributed by atoms with E-state index in [9.17, 15) is 4.79 Å². The summed E-state index contributed by atoms with van der Waals surface area (Å²) in [6, 6.07) is 14.0. The number of aromatic nitrogens is 4. The molecule has 6 nitrogen and oxygen atoms in total. The smallest absolute Gasteiger partial charge is 0.240 e. The van der Waals surface area contributed by atoms with Gasteiger partial charge < -0.3 is 4.90 Å². The molecule has 0 N–H and O–H groups in total. The summed E-state index contributed by atoms with van der Waals surface area (Å²) in [5.41, 5.74) is 1.83. The van der Waals surface area contributed by atoms with E-state index in [1.165, 1.54) is 11.8 Å². The fraction of sp³-hybridized carbons (Fsp3) is 0.300. The maximum atomic E-state index is 12.9. The van der Waals surface area contributed by atoms with Gasteiger partial charge in [-0.3, -0.25) is 14.3 Å². The average Bonchev–Trinajstić information content (AvgIpc) is 3.48. The van der Waals surface area contributed by atoms with E-state index in [-0.39, 0.29) is 11.2 Å². The first-order valence-electron chi connectivity index (χ1n) is 8.99. The van der Waals surface area contributed by atoms with Gasteiger partial charge in [0.2, 0.25) is 5.91 Å². The van der Waals surface area contributed by atoms with Crippen LogP contribution in [0, 0.1) is 0 Å². The zero-order chi connectivity index (χ0) is 18.8. The number of thioether (sulfide) groups is 1. The molecule has 1 aliphatic rings. The Morgan fingerprint density at radius 2 is 1.96 bits per heavy atom. The Bertz CT molecular complexity index is 924. The van der Waals surface area contributed by atoms with E-state index in [2.05, 4.69) is 19.7 Å². The summed E-state index contributed by atoms with van der Waals surface area (Å²) in [5, 5.41) is 9.30. The molecule has 0 aliphatic heterocycles. The lowest BCUT2D eigenvalue weighted by molar-refractivity contribution is -0.117. The molecule has 1 saturated carbocycles. The number of carbonyl (C=O) groups is 1. The predicted octanol–water partition coefficient (Wildman–Crippen LogP) is 3.82. The van der Waals surface area contributed by atoms with Crippen LogP contribution in [0.4, 0.5) is 5.69 Å². The van der Waals surface area contributed by atoms with Gasteiger partial charge in [0, 0.05) is 36.7 Å². The molecule has 2 heterocycles. The SMILES string of the molecule is C[C@H](Sc1nnc(-c2cccnc2)n1C1CC1)C(=O)N(C)c1ccccc1. The molecule has 1 aromatic carbocycles. The lowest BCUT2D eigenvalue weighted by atomic mass is 10.3.